The molecular weight excluding hydrogens is 396 g/mol. The molecule has 0 unspecified atom stereocenters. The highest BCUT2D eigenvalue weighted by atomic mass is 16.5. The van der Waals surface area contributed by atoms with Crippen molar-refractivity contribution >= 4 is 22.8 Å². The van der Waals surface area contributed by atoms with Gasteiger partial charge < -0.3 is 24.3 Å². The fourth-order valence-electron chi connectivity index (χ4n) is 3.49. The van der Waals surface area contributed by atoms with Gasteiger partial charge >= 0.3 is 0 Å². The van der Waals surface area contributed by atoms with Gasteiger partial charge in [-0.2, -0.15) is 0 Å². The first-order valence-corrected chi connectivity index (χ1v) is 10.2. The smallest absolute Gasteiger partial charge is 0.251 e. The summed E-state index contributed by atoms with van der Waals surface area (Å²) in [6.07, 6.45) is 0. The summed E-state index contributed by atoms with van der Waals surface area (Å²) < 4.78 is 12.4. The van der Waals surface area contributed by atoms with Crippen molar-refractivity contribution in [2.45, 2.75) is 26.9 Å². The summed E-state index contributed by atoms with van der Waals surface area (Å²) in [5.41, 5.74) is 2.09. The molecule has 3 aromatic rings. The van der Waals surface area contributed by atoms with Crippen LogP contribution in [-0.2, 0) is 17.9 Å². The molecule has 0 atom stereocenters. The van der Waals surface area contributed by atoms with Gasteiger partial charge in [0.25, 0.3) is 5.91 Å². The van der Waals surface area contributed by atoms with E-state index < -0.39 is 0 Å². The maximum atomic E-state index is 12.7. The Balaban J connectivity index is 1.83. The number of fused-ring (bicyclic) bond motifs is 1. The predicted molar refractivity (Wildman–Crippen MR) is 118 cm³/mol. The first kappa shape index (κ1) is 22.1. The number of carbonyl (C=O) groups excluding carboxylic acids is 2. The molecule has 1 heterocycles. The highest BCUT2D eigenvalue weighted by molar-refractivity contribution is 5.94. The Labute approximate surface area is 181 Å². The Morgan fingerprint density at radius 3 is 2.42 bits per heavy atom. The lowest BCUT2D eigenvalue weighted by Crippen LogP contribution is -2.34. The van der Waals surface area contributed by atoms with Gasteiger partial charge in [-0.1, -0.05) is 12.1 Å². The van der Waals surface area contributed by atoms with Gasteiger partial charge in [-0.05, 0) is 44.2 Å². The molecule has 164 valence electrons. The minimum atomic E-state index is -0.269. The van der Waals surface area contributed by atoms with E-state index in [4.69, 9.17) is 9.47 Å². The van der Waals surface area contributed by atoms with Crippen LogP contribution in [0.4, 0.5) is 0 Å². The molecule has 0 aliphatic carbocycles. The van der Waals surface area contributed by atoms with Crippen molar-refractivity contribution in [2.24, 2.45) is 0 Å². The topological polar surface area (TPSA) is 85.7 Å². The van der Waals surface area contributed by atoms with Gasteiger partial charge in [-0.3, -0.25) is 9.59 Å². The maximum Gasteiger partial charge on any atom is 0.251 e. The van der Waals surface area contributed by atoms with Crippen molar-refractivity contribution in [1.29, 1.82) is 0 Å². The highest BCUT2D eigenvalue weighted by Gasteiger charge is 2.18. The average Bonchev–Trinajstić information content (AvgIpc) is 3.15. The van der Waals surface area contributed by atoms with E-state index in [1.54, 1.807) is 30.2 Å². The Morgan fingerprint density at radius 1 is 1.03 bits per heavy atom. The number of methoxy groups -OCH3 is 2. The number of hydrogen-bond acceptors (Lipinski definition) is 5. The molecule has 2 aromatic carbocycles. The number of nitrogens with one attached hydrogen (secondary N) is 1. The fraction of sp³-hybridized carbons (Fsp3) is 0.348. The molecule has 0 saturated heterocycles. The van der Waals surface area contributed by atoms with Crippen LogP contribution in [0, 0.1) is 0 Å². The van der Waals surface area contributed by atoms with E-state index >= 15 is 0 Å². The van der Waals surface area contributed by atoms with E-state index in [0.29, 0.717) is 36.0 Å². The van der Waals surface area contributed by atoms with E-state index in [-0.39, 0.29) is 24.9 Å². The first-order valence-electron chi connectivity index (χ1n) is 10.2. The van der Waals surface area contributed by atoms with Crippen molar-refractivity contribution in [3.8, 4) is 11.5 Å². The number of carbonyl (C=O) groups is 2. The van der Waals surface area contributed by atoms with E-state index in [2.05, 4.69) is 10.3 Å². The molecule has 0 fully saturated rings. The van der Waals surface area contributed by atoms with Gasteiger partial charge in [0.05, 0.1) is 31.8 Å². The van der Waals surface area contributed by atoms with E-state index in [0.717, 1.165) is 11.0 Å². The van der Waals surface area contributed by atoms with Gasteiger partial charge in [0.1, 0.15) is 12.4 Å². The zero-order valence-corrected chi connectivity index (χ0v) is 18.3. The van der Waals surface area contributed by atoms with Crippen LogP contribution in [0.25, 0.3) is 11.0 Å². The van der Waals surface area contributed by atoms with Crippen LogP contribution in [0.5, 0.6) is 11.5 Å². The van der Waals surface area contributed by atoms with Crippen LogP contribution in [0.3, 0.4) is 0 Å². The van der Waals surface area contributed by atoms with Gasteiger partial charge in [-0.25, -0.2) is 4.98 Å². The zero-order valence-electron chi connectivity index (χ0n) is 18.3. The molecule has 0 radical (unpaired) electrons. The van der Waals surface area contributed by atoms with Gasteiger partial charge in [0, 0.05) is 18.7 Å². The van der Waals surface area contributed by atoms with E-state index in [1.807, 2.05) is 42.7 Å². The quantitative estimate of drug-likeness (QED) is 0.571. The number of ether oxygens (including phenoxy) is 2. The zero-order chi connectivity index (χ0) is 22.4. The third-order valence-corrected chi connectivity index (χ3v) is 5.20. The summed E-state index contributed by atoms with van der Waals surface area (Å²) >= 11 is 0. The number of imidazole rings is 1. The maximum absolute atomic E-state index is 12.7. The molecule has 8 heteroatoms. The molecule has 1 N–H and O–H groups in total. The lowest BCUT2D eigenvalue weighted by Gasteiger charge is -2.20. The van der Waals surface area contributed by atoms with Crippen molar-refractivity contribution in [3.05, 3.63) is 53.9 Å². The third kappa shape index (κ3) is 4.79. The third-order valence-electron chi connectivity index (χ3n) is 5.20. The van der Waals surface area contributed by atoms with Crippen molar-refractivity contribution < 1.29 is 19.1 Å². The minimum absolute atomic E-state index is 0.0145. The molecule has 31 heavy (non-hydrogen) atoms. The minimum Gasteiger partial charge on any atom is -0.493 e. The van der Waals surface area contributed by atoms with E-state index in [9.17, 15) is 9.59 Å². The van der Waals surface area contributed by atoms with Gasteiger partial charge in [0.2, 0.25) is 5.91 Å². The number of likely N-dealkylation sites (N-methyl/N-ethyl adjacent to an activating group) is 1. The second-order valence-electron chi connectivity index (χ2n) is 6.92. The summed E-state index contributed by atoms with van der Waals surface area (Å²) in [5.74, 6) is 1.40. The van der Waals surface area contributed by atoms with Crippen LogP contribution >= 0.6 is 0 Å². The average molecular weight is 425 g/mol. The van der Waals surface area contributed by atoms with Crippen LogP contribution < -0.4 is 14.8 Å². The highest BCUT2D eigenvalue weighted by Crippen LogP contribution is 2.27. The van der Waals surface area contributed by atoms with Crippen molar-refractivity contribution in [1.82, 2.24) is 19.8 Å². The Kier molecular flexibility index (Phi) is 7.12. The van der Waals surface area contributed by atoms with Gasteiger partial charge in [-0.15, -0.1) is 0 Å². The normalized spacial score (nSPS) is 10.7. The summed E-state index contributed by atoms with van der Waals surface area (Å²) in [7, 11) is 3.07. The predicted octanol–water partition coefficient (Wildman–Crippen LogP) is 2.85. The molecule has 0 spiro atoms. The number of aromatic nitrogens is 2. The molecule has 1 aromatic heterocycles. The molecule has 0 saturated carbocycles. The number of benzene rings is 2. The Bertz CT molecular complexity index is 1070. The molecule has 3 rings (SSSR count). The molecular formula is C23H28N4O4. The van der Waals surface area contributed by atoms with Crippen LogP contribution in [-0.4, -0.2) is 53.6 Å². The standard InChI is InChI=1S/C23H28N4O4/c1-5-26(6-2)22(28)15-27-18-10-8-7-9-17(18)25-21(27)14-24-23(29)16-11-12-19(30-3)20(13-16)31-4/h7-13H,5-6,14-15H2,1-4H3,(H,24,29). The summed E-state index contributed by atoms with van der Waals surface area (Å²) in [4.78, 5) is 31.9. The van der Waals surface area contributed by atoms with Gasteiger partial charge in [0.15, 0.2) is 11.5 Å². The summed E-state index contributed by atoms with van der Waals surface area (Å²) in [6.45, 7) is 5.56. The Hall–Kier alpha value is -3.55. The monoisotopic (exact) mass is 424 g/mol. The lowest BCUT2D eigenvalue weighted by molar-refractivity contribution is -0.131. The molecule has 8 nitrogen and oxygen atoms in total. The summed E-state index contributed by atoms with van der Waals surface area (Å²) in [5, 5.41) is 2.89. The number of nitrogens with zero attached hydrogens (tertiary/aromatic N) is 3. The fourth-order valence-corrected chi connectivity index (χ4v) is 3.49. The van der Waals surface area contributed by atoms with E-state index in [1.165, 1.54) is 7.11 Å². The second kappa shape index (κ2) is 9.97. The molecule has 0 aliphatic rings. The first-order chi connectivity index (χ1) is 15.0. The molecule has 2 amide bonds. The Morgan fingerprint density at radius 2 is 1.74 bits per heavy atom. The van der Waals surface area contributed by atoms with Crippen molar-refractivity contribution in [3.63, 3.8) is 0 Å². The molecule has 0 aliphatic heterocycles. The number of rotatable bonds is 9. The van der Waals surface area contributed by atoms with Crippen LogP contribution in [0.15, 0.2) is 42.5 Å². The van der Waals surface area contributed by atoms with Crippen LogP contribution in [0.2, 0.25) is 0 Å². The number of hydrogen-bond donors (Lipinski definition) is 1. The largest absolute Gasteiger partial charge is 0.493 e. The SMILES string of the molecule is CCN(CC)C(=O)Cn1c(CNC(=O)c2ccc(OC)c(OC)c2)nc2ccccc21. The lowest BCUT2D eigenvalue weighted by atomic mass is 10.2. The molecule has 0 bridgehead atoms. The van der Waals surface area contributed by atoms with Crippen LogP contribution in [0.1, 0.15) is 30.0 Å². The van der Waals surface area contributed by atoms with Crippen molar-refractivity contribution in [2.75, 3.05) is 27.3 Å². The summed E-state index contributed by atoms with van der Waals surface area (Å²) in [6, 6.07) is 12.6. The number of para-hydroxylation sites is 2. The number of amides is 2. The second-order valence-corrected chi connectivity index (χ2v) is 6.92.